The number of anilines is 2. The molecule has 6 heteroatoms. The Kier molecular flexibility index (Phi) is 4.11. The maximum absolute atomic E-state index is 12.8. The fourth-order valence-electron chi connectivity index (χ4n) is 1.54. The van der Waals surface area contributed by atoms with E-state index in [1.165, 1.54) is 24.3 Å². The Morgan fingerprint density at radius 1 is 1.32 bits per heavy atom. The van der Waals surface area contributed by atoms with Crippen molar-refractivity contribution in [2.24, 2.45) is 0 Å². The zero-order valence-corrected chi connectivity index (χ0v) is 11.7. The minimum absolute atomic E-state index is 0.315. The second-order valence-corrected chi connectivity index (χ2v) is 4.68. The van der Waals surface area contributed by atoms with Crippen LogP contribution in [0.4, 0.5) is 15.9 Å². The average molecular weight is 324 g/mol. The van der Waals surface area contributed by atoms with Gasteiger partial charge in [-0.1, -0.05) is 0 Å². The number of carbonyl (C=O) groups is 1. The molecule has 0 aliphatic heterocycles. The van der Waals surface area contributed by atoms with E-state index in [4.69, 9.17) is 0 Å². The standard InChI is InChI=1S/C13H11BrFN3O/c1-16-12-11(6-8(14)7-17-12)13(19)18-10-4-2-9(15)3-5-10/h2-7H,1H3,(H,16,17)(H,18,19). The number of hydrogen-bond donors (Lipinski definition) is 2. The van der Waals surface area contributed by atoms with Gasteiger partial charge in [0.2, 0.25) is 0 Å². The van der Waals surface area contributed by atoms with Gasteiger partial charge in [-0.3, -0.25) is 4.79 Å². The molecule has 1 aromatic heterocycles. The summed E-state index contributed by atoms with van der Waals surface area (Å²) < 4.78 is 13.5. The Bertz CT molecular complexity index is 601. The molecule has 0 spiro atoms. The van der Waals surface area contributed by atoms with Crippen molar-refractivity contribution in [1.29, 1.82) is 0 Å². The minimum Gasteiger partial charge on any atom is -0.372 e. The molecule has 0 radical (unpaired) electrons. The molecule has 0 fully saturated rings. The summed E-state index contributed by atoms with van der Waals surface area (Å²) in [6.07, 6.45) is 1.60. The van der Waals surface area contributed by atoms with E-state index in [1.54, 1.807) is 19.3 Å². The number of aromatic nitrogens is 1. The van der Waals surface area contributed by atoms with Gasteiger partial charge < -0.3 is 10.6 Å². The molecule has 19 heavy (non-hydrogen) atoms. The molecule has 0 bridgehead atoms. The first-order valence-electron chi connectivity index (χ1n) is 5.50. The van der Waals surface area contributed by atoms with Gasteiger partial charge in [-0.15, -0.1) is 0 Å². The van der Waals surface area contributed by atoms with Crippen LogP contribution in [0.3, 0.4) is 0 Å². The molecule has 0 aliphatic rings. The second kappa shape index (κ2) is 5.79. The van der Waals surface area contributed by atoms with Crippen molar-refractivity contribution < 1.29 is 9.18 Å². The van der Waals surface area contributed by atoms with Crippen molar-refractivity contribution in [1.82, 2.24) is 4.98 Å². The van der Waals surface area contributed by atoms with Gasteiger partial charge in [-0.2, -0.15) is 0 Å². The highest BCUT2D eigenvalue weighted by molar-refractivity contribution is 9.10. The lowest BCUT2D eigenvalue weighted by Crippen LogP contribution is -2.14. The van der Waals surface area contributed by atoms with E-state index in [0.29, 0.717) is 21.5 Å². The third-order valence-corrected chi connectivity index (χ3v) is 2.87. The van der Waals surface area contributed by atoms with E-state index < -0.39 is 0 Å². The first-order valence-corrected chi connectivity index (χ1v) is 6.29. The molecule has 2 aromatic rings. The number of nitrogens with zero attached hydrogens (tertiary/aromatic N) is 1. The van der Waals surface area contributed by atoms with E-state index >= 15 is 0 Å². The van der Waals surface area contributed by atoms with Crippen LogP contribution in [0.5, 0.6) is 0 Å². The molecular formula is C13H11BrFN3O. The first kappa shape index (κ1) is 13.5. The van der Waals surface area contributed by atoms with Gasteiger partial charge in [0, 0.05) is 23.4 Å². The Hall–Kier alpha value is -1.95. The monoisotopic (exact) mass is 323 g/mol. The Labute approximate surface area is 118 Å². The second-order valence-electron chi connectivity index (χ2n) is 3.76. The average Bonchev–Trinajstić information content (AvgIpc) is 2.41. The van der Waals surface area contributed by atoms with Crippen LogP contribution in [-0.4, -0.2) is 17.9 Å². The zero-order valence-electron chi connectivity index (χ0n) is 10.1. The van der Waals surface area contributed by atoms with Crippen LogP contribution in [0.25, 0.3) is 0 Å². The number of benzene rings is 1. The highest BCUT2D eigenvalue weighted by Gasteiger charge is 2.12. The maximum Gasteiger partial charge on any atom is 0.259 e. The predicted molar refractivity (Wildman–Crippen MR) is 75.8 cm³/mol. The van der Waals surface area contributed by atoms with E-state index in [0.717, 1.165) is 0 Å². The molecule has 0 saturated heterocycles. The molecule has 0 unspecified atom stereocenters. The Morgan fingerprint density at radius 3 is 2.63 bits per heavy atom. The van der Waals surface area contributed by atoms with Crippen LogP contribution in [0, 0.1) is 5.82 Å². The fourth-order valence-corrected chi connectivity index (χ4v) is 1.87. The zero-order chi connectivity index (χ0) is 13.8. The largest absolute Gasteiger partial charge is 0.372 e. The van der Waals surface area contributed by atoms with Crippen LogP contribution in [0.15, 0.2) is 41.0 Å². The summed E-state index contributed by atoms with van der Waals surface area (Å²) in [5, 5.41) is 5.53. The van der Waals surface area contributed by atoms with Crippen molar-refractivity contribution in [3.8, 4) is 0 Å². The summed E-state index contributed by atoms with van der Waals surface area (Å²) in [6, 6.07) is 7.23. The summed E-state index contributed by atoms with van der Waals surface area (Å²) in [5.41, 5.74) is 0.926. The van der Waals surface area contributed by atoms with Crippen LogP contribution in [0.1, 0.15) is 10.4 Å². The molecule has 1 heterocycles. The number of pyridine rings is 1. The highest BCUT2D eigenvalue weighted by atomic mass is 79.9. The summed E-state index contributed by atoms with van der Waals surface area (Å²) in [7, 11) is 1.69. The summed E-state index contributed by atoms with van der Waals surface area (Å²) in [5.74, 6) is -0.189. The lowest BCUT2D eigenvalue weighted by molar-refractivity contribution is 0.102. The van der Waals surface area contributed by atoms with Crippen LogP contribution < -0.4 is 10.6 Å². The molecule has 0 saturated carbocycles. The van der Waals surface area contributed by atoms with Crippen LogP contribution in [0.2, 0.25) is 0 Å². The number of nitrogens with one attached hydrogen (secondary N) is 2. The third kappa shape index (κ3) is 3.29. The quantitative estimate of drug-likeness (QED) is 0.911. The summed E-state index contributed by atoms with van der Waals surface area (Å²) in [4.78, 5) is 16.2. The van der Waals surface area contributed by atoms with E-state index in [-0.39, 0.29) is 11.7 Å². The molecular weight excluding hydrogens is 313 g/mol. The predicted octanol–water partition coefficient (Wildman–Crippen LogP) is 3.28. The molecule has 2 N–H and O–H groups in total. The normalized spacial score (nSPS) is 10.1. The minimum atomic E-state index is -0.349. The van der Waals surface area contributed by atoms with E-state index in [1.807, 2.05) is 0 Å². The lowest BCUT2D eigenvalue weighted by atomic mass is 10.2. The molecule has 98 valence electrons. The van der Waals surface area contributed by atoms with Gasteiger partial charge in [0.15, 0.2) is 0 Å². The van der Waals surface area contributed by atoms with Crippen molar-refractivity contribution in [3.05, 3.63) is 52.4 Å². The van der Waals surface area contributed by atoms with Gasteiger partial charge in [-0.05, 0) is 46.3 Å². The molecule has 0 aliphatic carbocycles. The molecule has 1 amide bonds. The highest BCUT2D eigenvalue weighted by Crippen LogP contribution is 2.19. The lowest BCUT2D eigenvalue weighted by Gasteiger charge is -2.09. The topological polar surface area (TPSA) is 54.0 Å². The Morgan fingerprint density at radius 2 is 2.00 bits per heavy atom. The summed E-state index contributed by atoms with van der Waals surface area (Å²) >= 11 is 3.27. The van der Waals surface area contributed by atoms with E-state index in [2.05, 4.69) is 31.5 Å². The SMILES string of the molecule is CNc1ncc(Br)cc1C(=O)Nc1ccc(F)cc1. The molecule has 4 nitrogen and oxygen atoms in total. The van der Waals surface area contributed by atoms with Gasteiger partial charge in [0.25, 0.3) is 5.91 Å². The smallest absolute Gasteiger partial charge is 0.259 e. The number of halogens is 2. The number of amides is 1. The van der Waals surface area contributed by atoms with E-state index in [9.17, 15) is 9.18 Å². The van der Waals surface area contributed by atoms with Crippen LogP contribution in [-0.2, 0) is 0 Å². The van der Waals surface area contributed by atoms with Gasteiger partial charge in [-0.25, -0.2) is 9.37 Å². The van der Waals surface area contributed by atoms with Gasteiger partial charge >= 0.3 is 0 Å². The first-order chi connectivity index (χ1) is 9.10. The van der Waals surface area contributed by atoms with Gasteiger partial charge in [0.1, 0.15) is 11.6 Å². The summed E-state index contributed by atoms with van der Waals surface area (Å²) in [6.45, 7) is 0. The fraction of sp³-hybridized carbons (Fsp3) is 0.0769. The van der Waals surface area contributed by atoms with Crippen molar-refractivity contribution in [2.45, 2.75) is 0 Å². The molecule has 0 atom stereocenters. The third-order valence-electron chi connectivity index (χ3n) is 2.44. The number of carbonyl (C=O) groups excluding carboxylic acids is 1. The van der Waals surface area contributed by atoms with Crippen molar-refractivity contribution in [2.75, 3.05) is 17.7 Å². The Balaban J connectivity index is 2.24. The maximum atomic E-state index is 12.8. The van der Waals surface area contributed by atoms with Crippen molar-refractivity contribution >= 4 is 33.3 Å². The molecule has 1 aromatic carbocycles. The number of rotatable bonds is 3. The van der Waals surface area contributed by atoms with Crippen LogP contribution >= 0.6 is 15.9 Å². The number of hydrogen-bond acceptors (Lipinski definition) is 3. The molecule has 2 rings (SSSR count). The van der Waals surface area contributed by atoms with Crippen molar-refractivity contribution in [3.63, 3.8) is 0 Å². The van der Waals surface area contributed by atoms with Gasteiger partial charge in [0.05, 0.1) is 5.56 Å².